The zero-order chi connectivity index (χ0) is 21.6. The molecule has 0 aliphatic carbocycles. The highest BCUT2D eigenvalue weighted by Crippen LogP contribution is 2.23. The Hall–Kier alpha value is -1.96. The Balaban J connectivity index is 1.22. The number of amides is 1. The minimum absolute atomic E-state index is 0.177. The summed E-state index contributed by atoms with van der Waals surface area (Å²) in [6, 6.07) is 12.6. The molecule has 1 N–H and O–H groups in total. The fourth-order valence-electron chi connectivity index (χ4n) is 4.56. The maximum Gasteiger partial charge on any atom is 0.225 e. The summed E-state index contributed by atoms with van der Waals surface area (Å²) in [5.74, 6) is 1.44. The highest BCUT2D eigenvalue weighted by atomic mass is 79.9. The largest absolute Gasteiger partial charge is 0.373 e. The van der Waals surface area contributed by atoms with Crippen LogP contribution in [0.1, 0.15) is 24.0 Å². The number of aromatic nitrogens is 1. The van der Waals surface area contributed by atoms with E-state index in [4.69, 9.17) is 0 Å². The molecule has 0 bridgehead atoms. The van der Waals surface area contributed by atoms with Crippen LogP contribution < -0.4 is 5.32 Å². The third-order valence-corrected chi connectivity index (χ3v) is 7.23. The van der Waals surface area contributed by atoms with Gasteiger partial charge in [0.2, 0.25) is 5.91 Å². The SMILES string of the molecule is CNc1cc(CN2CCC(C(=O)N3CCN(Cc4ccccc4Br)CC3)CC2)ccn1. The number of hydrogen-bond donors (Lipinski definition) is 1. The molecule has 1 aromatic heterocycles. The van der Waals surface area contributed by atoms with Crippen molar-refractivity contribution in [3.63, 3.8) is 0 Å². The van der Waals surface area contributed by atoms with Gasteiger partial charge in [-0.15, -0.1) is 0 Å². The van der Waals surface area contributed by atoms with Crippen LogP contribution in [0.5, 0.6) is 0 Å². The molecule has 3 heterocycles. The summed E-state index contributed by atoms with van der Waals surface area (Å²) < 4.78 is 1.16. The van der Waals surface area contributed by atoms with Gasteiger partial charge in [0.15, 0.2) is 0 Å². The first kappa shape index (κ1) is 22.2. The van der Waals surface area contributed by atoms with Crippen LogP contribution in [0.3, 0.4) is 0 Å². The van der Waals surface area contributed by atoms with E-state index in [1.54, 1.807) is 0 Å². The van der Waals surface area contributed by atoms with Crippen LogP contribution in [0.2, 0.25) is 0 Å². The number of piperidine rings is 1. The van der Waals surface area contributed by atoms with Crippen LogP contribution in [0.25, 0.3) is 0 Å². The lowest BCUT2D eigenvalue weighted by atomic mass is 9.94. The lowest BCUT2D eigenvalue weighted by molar-refractivity contribution is -0.139. The Morgan fingerprint density at radius 3 is 2.45 bits per heavy atom. The molecule has 0 atom stereocenters. The Labute approximate surface area is 193 Å². The van der Waals surface area contributed by atoms with E-state index >= 15 is 0 Å². The number of hydrogen-bond acceptors (Lipinski definition) is 5. The first-order valence-electron chi connectivity index (χ1n) is 11.2. The summed E-state index contributed by atoms with van der Waals surface area (Å²) in [5.41, 5.74) is 2.58. The Morgan fingerprint density at radius 2 is 1.74 bits per heavy atom. The first-order chi connectivity index (χ1) is 15.1. The number of benzene rings is 1. The van der Waals surface area contributed by atoms with Crippen molar-refractivity contribution in [2.24, 2.45) is 5.92 Å². The molecule has 7 heteroatoms. The predicted octanol–water partition coefficient (Wildman–Crippen LogP) is 3.44. The van der Waals surface area contributed by atoms with Crippen molar-refractivity contribution < 1.29 is 4.79 Å². The lowest BCUT2D eigenvalue weighted by Gasteiger charge is -2.38. The summed E-state index contributed by atoms with van der Waals surface area (Å²) in [4.78, 5) is 24.4. The molecular formula is C24H32BrN5O. The number of anilines is 1. The standard InChI is InChI=1S/C24H32BrN5O/c1-26-23-16-19(6-9-27-23)17-28-10-7-20(8-11-28)24(31)30-14-12-29(13-15-30)18-21-4-2-3-5-22(21)25/h2-6,9,16,20H,7-8,10-15,17-18H2,1H3,(H,26,27). The summed E-state index contributed by atoms with van der Waals surface area (Å²) in [6.45, 7) is 7.40. The van der Waals surface area contributed by atoms with Crippen LogP contribution in [0.4, 0.5) is 5.82 Å². The maximum atomic E-state index is 13.1. The number of nitrogens with zero attached hydrogens (tertiary/aromatic N) is 4. The second-order valence-electron chi connectivity index (χ2n) is 8.54. The third-order valence-electron chi connectivity index (χ3n) is 6.46. The molecule has 0 unspecified atom stereocenters. The number of nitrogens with one attached hydrogen (secondary N) is 1. The monoisotopic (exact) mass is 485 g/mol. The quantitative estimate of drug-likeness (QED) is 0.678. The molecule has 4 rings (SSSR count). The van der Waals surface area contributed by atoms with Crippen molar-refractivity contribution in [1.82, 2.24) is 19.7 Å². The van der Waals surface area contributed by atoms with Gasteiger partial charge >= 0.3 is 0 Å². The van der Waals surface area contributed by atoms with E-state index in [0.29, 0.717) is 5.91 Å². The van der Waals surface area contributed by atoms with Crippen molar-refractivity contribution in [2.75, 3.05) is 51.6 Å². The molecule has 0 spiro atoms. The number of carbonyl (C=O) groups excluding carboxylic acids is 1. The normalized spacial score (nSPS) is 18.8. The molecule has 2 saturated heterocycles. The molecule has 2 aliphatic rings. The summed E-state index contributed by atoms with van der Waals surface area (Å²) in [6.07, 6.45) is 3.77. The second-order valence-corrected chi connectivity index (χ2v) is 9.40. The molecule has 0 saturated carbocycles. The molecule has 1 aromatic carbocycles. The van der Waals surface area contributed by atoms with Gasteiger partial charge in [-0.1, -0.05) is 34.1 Å². The van der Waals surface area contributed by atoms with Crippen molar-refractivity contribution in [1.29, 1.82) is 0 Å². The zero-order valence-electron chi connectivity index (χ0n) is 18.3. The molecule has 0 radical (unpaired) electrons. The van der Waals surface area contributed by atoms with Gasteiger partial charge in [-0.3, -0.25) is 14.6 Å². The van der Waals surface area contributed by atoms with Crippen LogP contribution in [-0.2, 0) is 17.9 Å². The van der Waals surface area contributed by atoms with Crippen LogP contribution in [0.15, 0.2) is 47.1 Å². The number of likely N-dealkylation sites (tertiary alicyclic amines) is 1. The summed E-state index contributed by atoms with van der Waals surface area (Å²) in [7, 11) is 1.89. The Morgan fingerprint density at radius 1 is 1.03 bits per heavy atom. The number of rotatable bonds is 6. The predicted molar refractivity (Wildman–Crippen MR) is 128 cm³/mol. The molecule has 31 heavy (non-hydrogen) atoms. The Kier molecular flexibility index (Phi) is 7.58. The fourth-order valence-corrected chi connectivity index (χ4v) is 4.97. The molecule has 2 fully saturated rings. The fraction of sp³-hybridized carbons (Fsp3) is 0.500. The van der Waals surface area contributed by atoms with Gasteiger partial charge in [-0.2, -0.15) is 0 Å². The smallest absolute Gasteiger partial charge is 0.225 e. The van der Waals surface area contributed by atoms with E-state index in [2.05, 4.69) is 71.3 Å². The minimum Gasteiger partial charge on any atom is -0.373 e. The number of carbonyl (C=O) groups is 1. The topological polar surface area (TPSA) is 51.7 Å². The number of piperazine rings is 1. The van der Waals surface area contributed by atoms with Gasteiger partial charge in [-0.25, -0.2) is 4.98 Å². The lowest BCUT2D eigenvalue weighted by Crippen LogP contribution is -2.51. The van der Waals surface area contributed by atoms with Crippen LogP contribution in [0, 0.1) is 5.92 Å². The summed E-state index contributed by atoms with van der Waals surface area (Å²) >= 11 is 3.64. The van der Waals surface area contributed by atoms with Crippen LogP contribution in [-0.4, -0.2) is 71.9 Å². The van der Waals surface area contributed by atoms with Crippen molar-refractivity contribution in [3.8, 4) is 0 Å². The average molecular weight is 486 g/mol. The highest BCUT2D eigenvalue weighted by Gasteiger charge is 2.30. The molecule has 6 nitrogen and oxygen atoms in total. The maximum absolute atomic E-state index is 13.1. The first-order valence-corrected chi connectivity index (χ1v) is 12.0. The van der Waals surface area contributed by atoms with Gasteiger partial charge in [0.25, 0.3) is 0 Å². The molecule has 2 aliphatic heterocycles. The molecular weight excluding hydrogens is 454 g/mol. The van der Waals surface area contributed by atoms with E-state index in [-0.39, 0.29) is 5.92 Å². The van der Waals surface area contributed by atoms with Gasteiger partial charge in [0.05, 0.1) is 0 Å². The van der Waals surface area contributed by atoms with Gasteiger partial charge < -0.3 is 10.2 Å². The van der Waals surface area contributed by atoms with E-state index in [1.165, 1.54) is 11.1 Å². The highest BCUT2D eigenvalue weighted by molar-refractivity contribution is 9.10. The van der Waals surface area contributed by atoms with E-state index in [9.17, 15) is 4.79 Å². The molecule has 2 aromatic rings. The zero-order valence-corrected chi connectivity index (χ0v) is 19.9. The van der Waals surface area contributed by atoms with E-state index < -0.39 is 0 Å². The number of pyridine rings is 1. The third kappa shape index (κ3) is 5.84. The average Bonchev–Trinajstić information content (AvgIpc) is 2.81. The van der Waals surface area contributed by atoms with Gasteiger partial charge in [0.1, 0.15) is 5.82 Å². The second kappa shape index (κ2) is 10.6. The van der Waals surface area contributed by atoms with E-state index in [1.807, 2.05) is 19.3 Å². The van der Waals surface area contributed by atoms with Crippen molar-refractivity contribution >= 4 is 27.7 Å². The summed E-state index contributed by atoms with van der Waals surface area (Å²) in [5, 5.41) is 3.10. The van der Waals surface area contributed by atoms with Gasteiger partial charge in [-0.05, 0) is 55.3 Å². The number of halogens is 1. The molecule has 1 amide bonds. The Bertz CT molecular complexity index is 876. The van der Waals surface area contributed by atoms with Crippen molar-refractivity contribution in [2.45, 2.75) is 25.9 Å². The minimum atomic E-state index is 0.177. The van der Waals surface area contributed by atoms with Crippen LogP contribution >= 0.6 is 15.9 Å². The van der Waals surface area contributed by atoms with Gasteiger partial charge in [0, 0.05) is 62.9 Å². The molecule has 166 valence electrons. The van der Waals surface area contributed by atoms with Crippen molar-refractivity contribution in [3.05, 3.63) is 58.2 Å². The van der Waals surface area contributed by atoms with E-state index in [0.717, 1.165) is 75.5 Å².